The maximum absolute atomic E-state index is 13.8. The fourth-order valence-electron chi connectivity index (χ4n) is 4.14. The van der Waals surface area contributed by atoms with Gasteiger partial charge in [0.1, 0.15) is 0 Å². The number of hydrogen-bond acceptors (Lipinski definition) is 3. The van der Waals surface area contributed by atoms with Gasteiger partial charge < -0.3 is 0 Å². The van der Waals surface area contributed by atoms with E-state index in [1.807, 2.05) is 54.6 Å². The van der Waals surface area contributed by atoms with Crippen LogP contribution in [-0.4, -0.2) is 30.0 Å². The zero-order chi connectivity index (χ0) is 23.1. The van der Waals surface area contributed by atoms with Crippen molar-refractivity contribution in [1.82, 2.24) is 0 Å². The second-order valence-electron chi connectivity index (χ2n) is 7.44. The van der Waals surface area contributed by atoms with Crippen LogP contribution in [0.5, 0.6) is 0 Å². The van der Waals surface area contributed by atoms with E-state index >= 15 is 0 Å². The molecule has 3 nitrogen and oxygen atoms in total. The Labute approximate surface area is 196 Å². The monoisotopic (exact) mass is 496 g/mol. The zero-order valence-electron chi connectivity index (χ0n) is 18.4. The van der Waals surface area contributed by atoms with Crippen molar-refractivity contribution in [3.8, 4) is 0 Å². The van der Waals surface area contributed by atoms with Crippen LogP contribution in [0.2, 0.25) is 0 Å². The number of rotatable bonds is 6. The SMILES string of the molecule is CCOC(=O)C(c1cccccc1=O)=[As](c1ccccc1)(c1ccccc1)c1ccccc1. The summed E-state index contributed by atoms with van der Waals surface area (Å²) >= 11 is -3.73. The minimum atomic E-state index is -3.73. The summed E-state index contributed by atoms with van der Waals surface area (Å²) in [6, 6.07) is 38.8. The third kappa shape index (κ3) is 4.37. The summed E-state index contributed by atoms with van der Waals surface area (Å²) in [5.74, 6) is -0.440. The van der Waals surface area contributed by atoms with Crippen molar-refractivity contribution < 1.29 is 9.53 Å². The van der Waals surface area contributed by atoms with E-state index in [1.54, 1.807) is 31.2 Å². The van der Waals surface area contributed by atoms with Crippen LogP contribution < -0.4 is 18.5 Å². The molecule has 33 heavy (non-hydrogen) atoms. The summed E-state index contributed by atoms with van der Waals surface area (Å²) in [5, 5.41) is 0. The molecular formula is C29H25AsO3. The number of carbonyl (C=O) groups excluding carboxylic acids is 1. The molecule has 0 bridgehead atoms. The second-order valence-corrected chi connectivity index (χ2v) is 14.4. The number of ether oxygens (including phenoxy) is 1. The first kappa shape index (κ1) is 22.6. The molecule has 0 heterocycles. The molecule has 0 atom stereocenters. The van der Waals surface area contributed by atoms with Crippen molar-refractivity contribution in [3.05, 3.63) is 137 Å². The third-order valence-corrected chi connectivity index (χ3v) is 14.5. The quantitative estimate of drug-likeness (QED) is 0.305. The third-order valence-electron chi connectivity index (χ3n) is 5.49. The number of esters is 1. The topological polar surface area (TPSA) is 43.4 Å². The Morgan fingerprint density at radius 2 is 1.03 bits per heavy atom. The molecule has 4 aromatic rings. The van der Waals surface area contributed by atoms with Crippen molar-refractivity contribution >= 4 is 36.4 Å². The van der Waals surface area contributed by atoms with E-state index < -0.39 is 19.1 Å². The van der Waals surface area contributed by atoms with Gasteiger partial charge in [-0.25, -0.2) is 0 Å². The van der Waals surface area contributed by atoms with Crippen molar-refractivity contribution in [3.63, 3.8) is 0 Å². The Kier molecular flexibility index (Phi) is 7.12. The first-order valence-corrected chi connectivity index (χ1v) is 14.6. The number of benzene rings is 3. The molecule has 0 aromatic heterocycles. The average Bonchev–Trinajstić information content (AvgIpc) is 3.08. The Morgan fingerprint density at radius 1 is 0.636 bits per heavy atom. The molecule has 0 saturated heterocycles. The predicted octanol–water partition coefficient (Wildman–Crippen LogP) is 2.88. The van der Waals surface area contributed by atoms with Crippen molar-refractivity contribution in [2.24, 2.45) is 0 Å². The molecule has 0 saturated carbocycles. The molecule has 164 valence electrons. The van der Waals surface area contributed by atoms with Gasteiger partial charge in [-0.05, 0) is 0 Å². The molecule has 0 aliphatic heterocycles. The summed E-state index contributed by atoms with van der Waals surface area (Å²) in [6.45, 7) is 2.02. The minimum absolute atomic E-state index is 0.198. The van der Waals surface area contributed by atoms with Gasteiger partial charge >= 0.3 is 197 Å². The van der Waals surface area contributed by atoms with E-state index in [0.29, 0.717) is 9.87 Å². The Bertz CT molecular complexity index is 1240. The summed E-state index contributed by atoms with van der Waals surface area (Å²) in [5.41, 5.74) is 0.194. The summed E-state index contributed by atoms with van der Waals surface area (Å²) < 4.78 is 9.25. The van der Waals surface area contributed by atoms with Crippen LogP contribution in [0.4, 0.5) is 0 Å². The number of carbonyl (C=O) groups is 1. The van der Waals surface area contributed by atoms with Gasteiger partial charge in [0, 0.05) is 0 Å². The second kappa shape index (κ2) is 10.4. The van der Waals surface area contributed by atoms with Gasteiger partial charge in [0.05, 0.1) is 0 Å². The standard InChI is InChI=1S/C29H25AsO3/c1-2-33-29(32)28(26-21-13-6-14-22-27(26)31)30(23-15-7-3-8-16-23,24-17-9-4-10-18-24)25-19-11-5-12-20-25/h3-22H,2H2,1H3. The van der Waals surface area contributed by atoms with Gasteiger partial charge in [-0.1, -0.05) is 0 Å². The van der Waals surface area contributed by atoms with E-state index in [2.05, 4.69) is 36.4 Å². The molecule has 4 rings (SSSR count). The van der Waals surface area contributed by atoms with E-state index in [4.69, 9.17) is 4.74 Å². The predicted molar refractivity (Wildman–Crippen MR) is 137 cm³/mol. The molecule has 4 aromatic carbocycles. The van der Waals surface area contributed by atoms with E-state index in [0.717, 1.165) is 13.1 Å². The van der Waals surface area contributed by atoms with Gasteiger partial charge in [0.2, 0.25) is 0 Å². The summed E-state index contributed by atoms with van der Waals surface area (Å²) in [6.07, 6.45) is 0. The summed E-state index contributed by atoms with van der Waals surface area (Å²) in [7, 11) is 0. The van der Waals surface area contributed by atoms with Crippen LogP contribution in [0.25, 0.3) is 0 Å². The maximum atomic E-state index is 13.8. The normalized spacial score (nSPS) is 10.9. The molecule has 0 unspecified atom stereocenters. The molecular weight excluding hydrogens is 471 g/mol. The van der Waals surface area contributed by atoms with Crippen molar-refractivity contribution in [1.29, 1.82) is 0 Å². The molecule has 0 aliphatic rings. The molecule has 0 amide bonds. The van der Waals surface area contributed by atoms with Crippen LogP contribution >= 0.6 is 0 Å². The Morgan fingerprint density at radius 3 is 1.45 bits per heavy atom. The van der Waals surface area contributed by atoms with Crippen LogP contribution in [0.15, 0.2) is 126 Å². The van der Waals surface area contributed by atoms with Crippen molar-refractivity contribution in [2.75, 3.05) is 6.61 Å². The molecule has 0 spiro atoms. The molecule has 0 fully saturated rings. The van der Waals surface area contributed by atoms with Gasteiger partial charge in [-0.3, -0.25) is 0 Å². The summed E-state index contributed by atoms with van der Waals surface area (Å²) in [4.78, 5) is 27.1. The first-order chi connectivity index (χ1) is 16.2. The zero-order valence-corrected chi connectivity index (χ0v) is 20.3. The molecule has 4 heteroatoms. The first-order valence-electron chi connectivity index (χ1n) is 10.9. The van der Waals surface area contributed by atoms with Gasteiger partial charge in [0.15, 0.2) is 0 Å². The average molecular weight is 496 g/mol. The van der Waals surface area contributed by atoms with E-state index in [-0.39, 0.29) is 12.0 Å². The van der Waals surface area contributed by atoms with E-state index in [9.17, 15) is 9.59 Å². The molecule has 0 aliphatic carbocycles. The molecule has 0 radical (unpaired) electrons. The fourth-order valence-corrected chi connectivity index (χ4v) is 13.4. The van der Waals surface area contributed by atoms with Crippen LogP contribution in [0.1, 0.15) is 12.5 Å². The van der Waals surface area contributed by atoms with Gasteiger partial charge in [-0.2, -0.15) is 0 Å². The van der Waals surface area contributed by atoms with Crippen LogP contribution in [-0.2, 0) is 9.53 Å². The number of hydrogen-bond donors (Lipinski definition) is 0. The van der Waals surface area contributed by atoms with Gasteiger partial charge in [0.25, 0.3) is 0 Å². The van der Waals surface area contributed by atoms with Crippen molar-refractivity contribution in [2.45, 2.75) is 6.92 Å². The fraction of sp³-hybridized carbons (Fsp3) is 0.0690. The van der Waals surface area contributed by atoms with E-state index in [1.165, 1.54) is 6.07 Å². The van der Waals surface area contributed by atoms with Gasteiger partial charge in [-0.15, -0.1) is 0 Å². The Hall–Kier alpha value is -3.55. The van der Waals surface area contributed by atoms with Crippen LogP contribution in [0, 0.1) is 0 Å². The molecule has 0 N–H and O–H groups in total. The van der Waals surface area contributed by atoms with Crippen LogP contribution in [0.3, 0.4) is 0 Å². The Balaban J connectivity index is 2.36.